The predicted octanol–water partition coefficient (Wildman–Crippen LogP) is 1.77. The van der Waals surface area contributed by atoms with Gasteiger partial charge >= 0.3 is 0 Å². The van der Waals surface area contributed by atoms with Crippen LogP contribution in [0.4, 0.5) is 0 Å². The Kier molecular flexibility index (Phi) is 6.00. The summed E-state index contributed by atoms with van der Waals surface area (Å²) in [5.41, 5.74) is 1.17. The Hall–Kier alpha value is -1.46. The average molecular weight is 317 g/mol. The van der Waals surface area contributed by atoms with Gasteiger partial charge in [-0.15, -0.1) is 0 Å². The molecule has 1 amide bonds. The Morgan fingerprint density at radius 2 is 2.04 bits per heavy atom. The first-order valence-corrected chi connectivity index (χ1v) is 8.82. The molecule has 2 aliphatic rings. The zero-order valence-corrected chi connectivity index (χ0v) is 13.7. The van der Waals surface area contributed by atoms with Crippen molar-refractivity contribution in [2.24, 2.45) is 0 Å². The van der Waals surface area contributed by atoms with Crippen LogP contribution < -0.4 is 5.32 Å². The van der Waals surface area contributed by atoms with Gasteiger partial charge in [-0.1, -0.05) is 0 Å². The van der Waals surface area contributed by atoms with Gasteiger partial charge in [0.05, 0.1) is 6.10 Å². The van der Waals surface area contributed by atoms with Crippen molar-refractivity contribution in [2.75, 3.05) is 26.2 Å². The molecule has 2 saturated heterocycles. The molecule has 1 N–H and O–H groups in total. The van der Waals surface area contributed by atoms with Crippen LogP contribution in [0, 0.1) is 0 Å². The average Bonchev–Trinajstić information content (AvgIpc) is 3.09. The van der Waals surface area contributed by atoms with Gasteiger partial charge in [-0.2, -0.15) is 0 Å². The monoisotopic (exact) mass is 317 g/mol. The maximum absolute atomic E-state index is 12.1. The Labute approximate surface area is 138 Å². The molecular formula is C18H27N3O2. The van der Waals surface area contributed by atoms with Gasteiger partial charge in [0.1, 0.15) is 0 Å². The van der Waals surface area contributed by atoms with Crippen molar-refractivity contribution in [3.8, 4) is 0 Å². The Morgan fingerprint density at radius 3 is 2.74 bits per heavy atom. The van der Waals surface area contributed by atoms with Crippen LogP contribution in [0.25, 0.3) is 0 Å². The zero-order chi connectivity index (χ0) is 15.9. The first-order chi connectivity index (χ1) is 11.3. The summed E-state index contributed by atoms with van der Waals surface area (Å²) < 4.78 is 5.71. The number of aromatic nitrogens is 1. The van der Waals surface area contributed by atoms with E-state index in [9.17, 15) is 4.79 Å². The minimum Gasteiger partial charge on any atom is -0.377 e. The molecule has 0 aromatic carbocycles. The first kappa shape index (κ1) is 16.4. The molecule has 5 heteroatoms. The summed E-state index contributed by atoms with van der Waals surface area (Å²) in [6.07, 6.45) is 9.82. The maximum atomic E-state index is 12.1. The standard InChI is InChI=1S/C18H27N3O2/c22-18(4-3-15-5-9-19-10-6-15)20-16-7-11-21(12-8-16)14-17-2-1-13-23-17/h5-6,9-10,16-17H,1-4,7-8,11-14H2,(H,20,22). The number of piperidine rings is 1. The van der Waals surface area contributed by atoms with Gasteiger partial charge in [0, 0.05) is 51.1 Å². The van der Waals surface area contributed by atoms with E-state index in [2.05, 4.69) is 15.2 Å². The van der Waals surface area contributed by atoms with Crippen LogP contribution in [0.15, 0.2) is 24.5 Å². The molecule has 1 aromatic rings. The highest BCUT2D eigenvalue weighted by atomic mass is 16.5. The Balaban J connectivity index is 1.32. The summed E-state index contributed by atoms with van der Waals surface area (Å²) in [6.45, 7) is 4.11. The van der Waals surface area contributed by atoms with E-state index in [-0.39, 0.29) is 5.91 Å². The van der Waals surface area contributed by atoms with Crippen LogP contribution in [-0.4, -0.2) is 54.2 Å². The van der Waals surface area contributed by atoms with Gasteiger partial charge < -0.3 is 15.0 Å². The lowest BCUT2D eigenvalue weighted by atomic mass is 10.0. The number of aryl methyl sites for hydroxylation is 1. The molecule has 3 rings (SSSR count). The number of amides is 1. The number of nitrogens with zero attached hydrogens (tertiary/aromatic N) is 2. The maximum Gasteiger partial charge on any atom is 0.220 e. The second-order valence-electron chi connectivity index (χ2n) is 6.63. The number of pyridine rings is 1. The van der Waals surface area contributed by atoms with Gasteiger partial charge in [0.2, 0.25) is 5.91 Å². The lowest BCUT2D eigenvalue weighted by Crippen LogP contribution is -2.46. The molecule has 5 nitrogen and oxygen atoms in total. The highest BCUT2D eigenvalue weighted by Gasteiger charge is 2.24. The number of ether oxygens (including phenoxy) is 1. The molecule has 0 radical (unpaired) electrons. The van der Waals surface area contributed by atoms with E-state index >= 15 is 0 Å². The number of rotatable bonds is 6. The van der Waals surface area contributed by atoms with Gasteiger partial charge in [0.25, 0.3) is 0 Å². The van der Waals surface area contributed by atoms with Crippen LogP contribution in [0.1, 0.15) is 37.7 Å². The summed E-state index contributed by atoms with van der Waals surface area (Å²) >= 11 is 0. The molecule has 0 spiro atoms. The second-order valence-corrected chi connectivity index (χ2v) is 6.63. The Bertz CT molecular complexity index is 480. The van der Waals surface area contributed by atoms with E-state index in [1.807, 2.05) is 12.1 Å². The van der Waals surface area contributed by atoms with Gasteiger partial charge in [-0.25, -0.2) is 0 Å². The number of hydrogen-bond donors (Lipinski definition) is 1. The van der Waals surface area contributed by atoms with Crippen LogP contribution in [0.3, 0.4) is 0 Å². The molecule has 2 aliphatic heterocycles. The largest absolute Gasteiger partial charge is 0.377 e. The minimum atomic E-state index is 0.166. The van der Waals surface area contributed by atoms with Crippen molar-refractivity contribution in [1.29, 1.82) is 0 Å². The van der Waals surface area contributed by atoms with E-state index in [1.165, 1.54) is 18.4 Å². The van der Waals surface area contributed by atoms with Crippen molar-refractivity contribution in [2.45, 2.75) is 50.7 Å². The fraction of sp³-hybridized carbons (Fsp3) is 0.667. The molecule has 3 heterocycles. The predicted molar refractivity (Wildman–Crippen MR) is 89.1 cm³/mol. The van der Waals surface area contributed by atoms with Gasteiger partial charge in [0.15, 0.2) is 0 Å². The number of carbonyl (C=O) groups is 1. The molecule has 23 heavy (non-hydrogen) atoms. The lowest BCUT2D eigenvalue weighted by Gasteiger charge is -2.33. The van der Waals surface area contributed by atoms with Crippen LogP contribution in [0.5, 0.6) is 0 Å². The highest BCUT2D eigenvalue weighted by Crippen LogP contribution is 2.17. The van der Waals surface area contributed by atoms with E-state index in [1.54, 1.807) is 12.4 Å². The second kappa shape index (κ2) is 8.41. The third-order valence-corrected chi connectivity index (χ3v) is 4.83. The molecule has 0 bridgehead atoms. The fourth-order valence-electron chi connectivity index (χ4n) is 3.44. The van der Waals surface area contributed by atoms with Crippen molar-refractivity contribution >= 4 is 5.91 Å². The van der Waals surface area contributed by atoms with Gasteiger partial charge in [-0.05, 0) is 49.8 Å². The summed E-state index contributed by atoms with van der Waals surface area (Å²) in [6, 6.07) is 4.27. The van der Waals surface area contributed by atoms with Crippen molar-refractivity contribution in [1.82, 2.24) is 15.2 Å². The molecular weight excluding hydrogens is 290 g/mol. The van der Waals surface area contributed by atoms with Gasteiger partial charge in [-0.3, -0.25) is 9.78 Å². The topological polar surface area (TPSA) is 54.5 Å². The van der Waals surface area contributed by atoms with Crippen molar-refractivity contribution in [3.63, 3.8) is 0 Å². The minimum absolute atomic E-state index is 0.166. The highest BCUT2D eigenvalue weighted by molar-refractivity contribution is 5.76. The molecule has 0 aliphatic carbocycles. The van der Waals surface area contributed by atoms with Crippen LogP contribution in [-0.2, 0) is 16.0 Å². The molecule has 1 atom stereocenters. The number of carbonyl (C=O) groups excluding carboxylic acids is 1. The Morgan fingerprint density at radius 1 is 1.26 bits per heavy atom. The molecule has 1 unspecified atom stereocenters. The number of nitrogens with one attached hydrogen (secondary N) is 1. The van der Waals surface area contributed by atoms with E-state index in [0.717, 1.165) is 45.5 Å². The zero-order valence-electron chi connectivity index (χ0n) is 13.7. The normalized spacial score (nSPS) is 23.0. The first-order valence-electron chi connectivity index (χ1n) is 8.82. The summed E-state index contributed by atoms with van der Waals surface area (Å²) in [5.74, 6) is 0.166. The number of likely N-dealkylation sites (tertiary alicyclic amines) is 1. The van der Waals surface area contributed by atoms with Crippen molar-refractivity contribution < 1.29 is 9.53 Å². The van der Waals surface area contributed by atoms with E-state index < -0.39 is 0 Å². The molecule has 2 fully saturated rings. The summed E-state index contributed by atoms with van der Waals surface area (Å²) in [5, 5.41) is 3.19. The quantitative estimate of drug-likeness (QED) is 0.869. The molecule has 126 valence electrons. The third-order valence-electron chi connectivity index (χ3n) is 4.83. The molecule has 0 saturated carbocycles. The fourth-order valence-corrected chi connectivity index (χ4v) is 3.44. The van der Waals surface area contributed by atoms with E-state index in [0.29, 0.717) is 18.6 Å². The molecule has 1 aromatic heterocycles. The van der Waals surface area contributed by atoms with Crippen LogP contribution >= 0.6 is 0 Å². The lowest BCUT2D eigenvalue weighted by molar-refractivity contribution is -0.122. The van der Waals surface area contributed by atoms with Crippen molar-refractivity contribution in [3.05, 3.63) is 30.1 Å². The summed E-state index contributed by atoms with van der Waals surface area (Å²) in [4.78, 5) is 18.6. The summed E-state index contributed by atoms with van der Waals surface area (Å²) in [7, 11) is 0. The smallest absolute Gasteiger partial charge is 0.220 e. The van der Waals surface area contributed by atoms with E-state index in [4.69, 9.17) is 4.74 Å². The SMILES string of the molecule is O=C(CCc1ccncc1)NC1CCN(CC2CCCO2)CC1. The van der Waals surface area contributed by atoms with Crippen LogP contribution in [0.2, 0.25) is 0 Å². The number of hydrogen-bond acceptors (Lipinski definition) is 4. The third kappa shape index (κ3) is 5.29.